The molecule has 0 aromatic heterocycles. The third-order valence-corrected chi connectivity index (χ3v) is 15.3. The van der Waals surface area contributed by atoms with E-state index in [-0.39, 0.29) is 18.5 Å². The van der Waals surface area contributed by atoms with Gasteiger partial charge in [-0.1, -0.05) is 315 Å². The Morgan fingerprint density at radius 1 is 0.380 bits per heavy atom. The number of nitrogens with one attached hydrogen (secondary N) is 1. The fraction of sp³-hybridized carbons (Fsp3) is 0.938. The number of hydrogen-bond donors (Lipinski definition) is 3. The number of allylic oxidation sites excluding steroid dienone is 2. The largest absolute Gasteiger partial charge is 0.466 e. The average molecular weight is 1000 g/mol. The summed E-state index contributed by atoms with van der Waals surface area (Å²) in [4.78, 5) is 24.6. The van der Waals surface area contributed by atoms with Crippen molar-refractivity contribution in [1.29, 1.82) is 0 Å². The lowest BCUT2D eigenvalue weighted by atomic mass is 10.0. The molecule has 0 spiro atoms. The van der Waals surface area contributed by atoms with Crippen molar-refractivity contribution in [3.8, 4) is 0 Å². The van der Waals surface area contributed by atoms with Gasteiger partial charge in [0.2, 0.25) is 5.91 Å². The molecule has 422 valence electrons. The number of aliphatic hydroxyl groups excluding tert-OH is 2. The molecule has 3 N–H and O–H groups in total. The van der Waals surface area contributed by atoms with Gasteiger partial charge < -0.3 is 20.3 Å². The highest BCUT2D eigenvalue weighted by Gasteiger charge is 2.20. The molecule has 0 bridgehead atoms. The van der Waals surface area contributed by atoms with Crippen LogP contribution in [0.25, 0.3) is 0 Å². The van der Waals surface area contributed by atoms with Gasteiger partial charge in [-0.2, -0.15) is 0 Å². The van der Waals surface area contributed by atoms with Gasteiger partial charge in [0.1, 0.15) is 0 Å². The van der Waals surface area contributed by atoms with Crippen LogP contribution in [0.2, 0.25) is 0 Å². The van der Waals surface area contributed by atoms with Crippen LogP contribution in [0.5, 0.6) is 0 Å². The number of ether oxygens (including phenoxy) is 1. The smallest absolute Gasteiger partial charge is 0.305 e. The quantitative estimate of drug-likeness (QED) is 0.0320. The van der Waals surface area contributed by atoms with Crippen molar-refractivity contribution in [2.75, 3.05) is 13.2 Å². The van der Waals surface area contributed by atoms with E-state index in [0.717, 1.165) is 51.4 Å². The van der Waals surface area contributed by atoms with E-state index in [0.29, 0.717) is 25.9 Å². The Hall–Kier alpha value is -1.40. The third kappa shape index (κ3) is 57.7. The molecule has 1 amide bonds. The number of carbonyl (C=O) groups excluding carboxylic acids is 2. The molecule has 0 aliphatic rings. The summed E-state index contributed by atoms with van der Waals surface area (Å²) in [5, 5.41) is 23.3. The Balaban J connectivity index is 3.42. The van der Waals surface area contributed by atoms with Gasteiger partial charge in [-0.05, 0) is 51.4 Å². The molecule has 0 aromatic carbocycles. The maximum absolute atomic E-state index is 12.5. The van der Waals surface area contributed by atoms with Crippen molar-refractivity contribution in [3.05, 3.63) is 12.2 Å². The second kappa shape index (κ2) is 61.1. The van der Waals surface area contributed by atoms with Crippen molar-refractivity contribution >= 4 is 11.9 Å². The Bertz CT molecular complexity index is 1060. The zero-order valence-electron chi connectivity index (χ0n) is 48.2. The van der Waals surface area contributed by atoms with Crippen LogP contribution in [0.15, 0.2) is 12.2 Å². The zero-order valence-corrected chi connectivity index (χ0v) is 48.2. The highest BCUT2D eigenvalue weighted by molar-refractivity contribution is 5.76. The molecule has 0 fully saturated rings. The lowest BCUT2D eigenvalue weighted by molar-refractivity contribution is -0.143. The first-order chi connectivity index (χ1) is 35.0. The molecule has 0 radical (unpaired) electrons. The minimum Gasteiger partial charge on any atom is -0.466 e. The van der Waals surface area contributed by atoms with Gasteiger partial charge in [-0.15, -0.1) is 0 Å². The minimum absolute atomic E-state index is 0.00404. The number of esters is 1. The normalized spacial score (nSPS) is 12.6. The summed E-state index contributed by atoms with van der Waals surface area (Å²) in [6.45, 7) is 4.97. The van der Waals surface area contributed by atoms with Crippen LogP contribution in [0.4, 0.5) is 0 Å². The van der Waals surface area contributed by atoms with Gasteiger partial charge in [0.25, 0.3) is 0 Å². The van der Waals surface area contributed by atoms with Crippen molar-refractivity contribution in [2.45, 2.75) is 379 Å². The number of amides is 1. The lowest BCUT2D eigenvalue weighted by Gasteiger charge is -2.22. The predicted molar refractivity (Wildman–Crippen MR) is 310 cm³/mol. The van der Waals surface area contributed by atoms with Gasteiger partial charge in [-0.3, -0.25) is 9.59 Å². The molecule has 6 nitrogen and oxygen atoms in total. The van der Waals surface area contributed by atoms with E-state index in [4.69, 9.17) is 4.74 Å². The van der Waals surface area contributed by atoms with Crippen LogP contribution in [-0.4, -0.2) is 47.4 Å². The van der Waals surface area contributed by atoms with Crippen molar-refractivity contribution in [3.63, 3.8) is 0 Å². The fourth-order valence-electron chi connectivity index (χ4n) is 10.3. The molecule has 2 atom stereocenters. The summed E-state index contributed by atoms with van der Waals surface area (Å²) in [6, 6.07) is -0.550. The van der Waals surface area contributed by atoms with E-state index < -0.39 is 12.1 Å². The van der Waals surface area contributed by atoms with Crippen molar-refractivity contribution < 1.29 is 24.5 Å². The standard InChI is InChI=1S/C65H127NO5/c1-3-5-7-9-11-13-15-17-19-21-23-27-31-35-39-43-47-51-55-59-65(70)71-60-56-52-48-44-40-36-32-28-24-26-30-34-38-42-46-50-54-58-64(69)66-62(61-67)63(68)57-53-49-45-41-37-33-29-25-22-20-18-16-14-12-10-8-6-4-2/h24,28,62-63,67-68H,3-23,25-27,29-61H2,1-2H3,(H,66,69)/b28-24-. The Morgan fingerprint density at radius 3 is 1.00 bits per heavy atom. The van der Waals surface area contributed by atoms with Gasteiger partial charge in [0.15, 0.2) is 0 Å². The SMILES string of the molecule is CCCCCCCCCCCCCCCCCCCCCC(=O)OCCCCCCCC/C=C\CCCCCCCCCC(=O)NC(CO)C(O)CCCCCCCCCCCCCCCCCCCC. The van der Waals surface area contributed by atoms with Crippen LogP contribution in [0.1, 0.15) is 367 Å². The van der Waals surface area contributed by atoms with Gasteiger partial charge in [0, 0.05) is 12.8 Å². The topological polar surface area (TPSA) is 95.9 Å². The molecule has 0 aliphatic carbocycles. The summed E-state index contributed by atoms with van der Waals surface area (Å²) in [7, 11) is 0. The summed E-state index contributed by atoms with van der Waals surface area (Å²) in [5.74, 6) is -0.0393. The molecule has 0 heterocycles. The van der Waals surface area contributed by atoms with Crippen molar-refractivity contribution in [2.24, 2.45) is 0 Å². The first-order valence-electron chi connectivity index (χ1n) is 32.4. The van der Waals surface area contributed by atoms with E-state index in [1.807, 2.05) is 0 Å². The second-order valence-corrected chi connectivity index (χ2v) is 22.5. The van der Waals surface area contributed by atoms with Crippen LogP contribution in [-0.2, 0) is 14.3 Å². The molecule has 6 heteroatoms. The van der Waals surface area contributed by atoms with Crippen LogP contribution >= 0.6 is 0 Å². The Kier molecular flexibility index (Phi) is 59.9. The number of carbonyl (C=O) groups is 2. The molecule has 0 saturated carbocycles. The molecule has 0 aliphatic heterocycles. The number of hydrogen-bond acceptors (Lipinski definition) is 5. The average Bonchev–Trinajstić information content (AvgIpc) is 3.37. The molecule has 0 saturated heterocycles. The fourth-order valence-corrected chi connectivity index (χ4v) is 10.3. The van der Waals surface area contributed by atoms with E-state index >= 15 is 0 Å². The van der Waals surface area contributed by atoms with Gasteiger partial charge in [-0.25, -0.2) is 0 Å². The summed E-state index contributed by atoms with van der Waals surface area (Å²) in [6.07, 6.45) is 73.7. The molecule has 0 aromatic rings. The van der Waals surface area contributed by atoms with Crippen molar-refractivity contribution in [1.82, 2.24) is 5.32 Å². The minimum atomic E-state index is -0.672. The lowest BCUT2D eigenvalue weighted by Crippen LogP contribution is -2.45. The predicted octanol–water partition coefficient (Wildman–Crippen LogP) is 20.4. The Labute approximate surface area is 444 Å². The molecule has 2 unspecified atom stereocenters. The number of rotatable bonds is 61. The third-order valence-electron chi connectivity index (χ3n) is 15.3. The van der Waals surface area contributed by atoms with E-state index in [2.05, 4.69) is 31.3 Å². The van der Waals surface area contributed by atoms with Gasteiger partial charge in [0.05, 0.1) is 25.4 Å². The van der Waals surface area contributed by atoms with Gasteiger partial charge >= 0.3 is 5.97 Å². The summed E-state index contributed by atoms with van der Waals surface area (Å²) >= 11 is 0. The first kappa shape index (κ1) is 69.6. The second-order valence-electron chi connectivity index (χ2n) is 22.5. The summed E-state index contributed by atoms with van der Waals surface area (Å²) < 4.78 is 5.50. The first-order valence-corrected chi connectivity index (χ1v) is 32.4. The zero-order chi connectivity index (χ0) is 51.4. The highest BCUT2D eigenvalue weighted by atomic mass is 16.5. The maximum atomic E-state index is 12.5. The van der Waals surface area contributed by atoms with Crippen LogP contribution < -0.4 is 5.32 Å². The van der Waals surface area contributed by atoms with E-state index in [1.165, 1.54) is 283 Å². The molecular formula is C65H127NO5. The van der Waals surface area contributed by atoms with E-state index in [9.17, 15) is 19.8 Å². The molecule has 71 heavy (non-hydrogen) atoms. The van der Waals surface area contributed by atoms with E-state index in [1.54, 1.807) is 0 Å². The number of unbranched alkanes of at least 4 members (excludes halogenated alkanes) is 48. The molecular weight excluding hydrogens is 875 g/mol. The van der Waals surface area contributed by atoms with Crippen LogP contribution in [0.3, 0.4) is 0 Å². The summed E-state index contributed by atoms with van der Waals surface area (Å²) in [5.41, 5.74) is 0. The molecule has 0 rings (SSSR count). The maximum Gasteiger partial charge on any atom is 0.305 e. The monoisotopic (exact) mass is 1000 g/mol. The van der Waals surface area contributed by atoms with Crippen LogP contribution in [0, 0.1) is 0 Å². The number of aliphatic hydroxyl groups is 2. The Morgan fingerprint density at radius 2 is 0.662 bits per heavy atom. The highest BCUT2D eigenvalue weighted by Crippen LogP contribution is 2.18.